The highest BCUT2D eigenvalue weighted by atomic mass is 16.2. The van der Waals surface area contributed by atoms with Crippen LogP contribution in [-0.4, -0.2) is 37.6 Å². The van der Waals surface area contributed by atoms with Crippen LogP contribution >= 0.6 is 0 Å². The number of aromatic nitrogens is 4. The first-order chi connectivity index (χ1) is 11.6. The molecule has 2 N–H and O–H groups in total. The summed E-state index contributed by atoms with van der Waals surface area (Å²) in [4.78, 5) is 29.4. The molecule has 0 saturated carbocycles. The van der Waals surface area contributed by atoms with Crippen molar-refractivity contribution < 1.29 is 4.79 Å². The summed E-state index contributed by atoms with van der Waals surface area (Å²) in [6.45, 7) is 0.959. The summed E-state index contributed by atoms with van der Waals surface area (Å²) in [5, 5.41) is 7.59. The third-order valence-corrected chi connectivity index (χ3v) is 4.72. The topological polar surface area (TPSA) is 86.8 Å². The monoisotopic (exact) mass is 325 g/mol. The summed E-state index contributed by atoms with van der Waals surface area (Å²) in [6, 6.07) is 8.19. The third kappa shape index (κ3) is 2.51. The van der Waals surface area contributed by atoms with E-state index in [0.717, 1.165) is 28.7 Å². The van der Waals surface area contributed by atoms with Crippen molar-refractivity contribution in [3.8, 4) is 0 Å². The molecule has 3 aromatic rings. The highest BCUT2D eigenvalue weighted by molar-refractivity contribution is 5.81. The van der Waals surface area contributed by atoms with Crippen LogP contribution in [0.15, 0.2) is 35.3 Å². The average Bonchev–Trinajstić information content (AvgIpc) is 3.20. The van der Waals surface area contributed by atoms with E-state index in [4.69, 9.17) is 0 Å². The maximum Gasteiger partial charge on any atom is 0.343 e. The fourth-order valence-electron chi connectivity index (χ4n) is 3.40. The predicted octanol–water partition coefficient (Wildman–Crippen LogP) is 1.27. The van der Waals surface area contributed by atoms with Crippen LogP contribution in [-0.2, 0) is 24.3 Å². The minimum atomic E-state index is -0.234. The van der Waals surface area contributed by atoms with Crippen LogP contribution in [0.1, 0.15) is 17.8 Å². The Hall–Kier alpha value is -2.83. The first-order valence-electron chi connectivity index (χ1n) is 8.07. The zero-order valence-corrected chi connectivity index (χ0v) is 13.5. The second-order valence-corrected chi connectivity index (χ2v) is 6.38. The Morgan fingerprint density at radius 2 is 2.29 bits per heavy atom. The Kier molecular flexibility index (Phi) is 3.48. The number of rotatable bonds is 3. The van der Waals surface area contributed by atoms with Crippen LogP contribution in [0.5, 0.6) is 0 Å². The van der Waals surface area contributed by atoms with Crippen LogP contribution < -0.4 is 5.69 Å². The third-order valence-electron chi connectivity index (χ3n) is 4.72. The predicted molar refractivity (Wildman–Crippen MR) is 89.4 cm³/mol. The molecule has 1 aliphatic rings. The highest BCUT2D eigenvalue weighted by Gasteiger charge is 2.28. The van der Waals surface area contributed by atoms with Gasteiger partial charge in [-0.15, -0.1) is 0 Å². The molecule has 2 aromatic heterocycles. The van der Waals surface area contributed by atoms with Crippen LogP contribution in [0.25, 0.3) is 10.9 Å². The molecule has 4 rings (SSSR count). The lowest BCUT2D eigenvalue weighted by atomic mass is 9.97. The number of carbonyl (C=O) groups is 1. The normalized spacial score (nSPS) is 17.0. The number of nitrogens with one attached hydrogen (secondary N) is 2. The highest BCUT2D eigenvalue weighted by Crippen LogP contribution is 2.20. The Morgan fingerprint density at radius 3 is 3.17 bits per heavy atom. The van der Waals surface area contributed by atoms with Gasteiger partial charge >= 0.3 is 5.69 Å². The molecule has 0 unspecified atom stereocenters. The Balaban J connectivity index is 1.48. The molecule has 1 aromatic carbocycles. The van der Waals surface area contributed by atoms with E-state index in [2.05, 4.69) is 27.3 Å². The average molecular weight is 325 g/mol. The van der Waals surface area contributed by atoms with Gasteiger partial charge in [-0.1, -0.05) is 12.1 Å². The minimum absolute atomic E-state index is 0.0698. The fraction of sp³-hybridized carbons (Fsp3) is 0.353. The van der Waals surface area contributed by atoms with Crippen molar-refractivity contribution >= 4 is 16.8 Å². The van der Waals surface area contributed by atoms with Crippen molar-refractivity contribution in [1.82, 2.24) is 24.6 Å². The van der Waals surface area contributed by atoms with Gasteiger partial charge in [0.15, 0.2) is 0 Å². The molecule has 1 aliphatic heterocycles. The summed E-state index contributed by atoms with van der Waals surface area (Å²) in [7, 11) is 1.81. The van der Waals surface area contributed by atoms with Crippen LogP contribution in [0.4, 0.5) is 0 Å². The van der Waals surface area contributed by atoms with E-state index in [0.29, 0.717) is 19.5 Å². The van der Waals surface area contributed by atoms with E-state index in [9.17, 15) is 9.59 Å². The first-order valence-corrected chi connectivity index (χ1v) is 8.07. The van der Waals surface area contributed by atoms with Crippen molar-refractivity contribution in [3.05, 3.63) is 52.3 Å². The van der Waals surface area contributed by atoms with Crippen molar-refractivity contribution in [2.45, 2.75) is 25.9 Å². The van der Waals surface area contributed by atoms with Gasteiger partial charge < -0.3 is 9.88 Å². The molecule has 0 aliphatic carbocycles. The van der Waals surface area contributed by atoms with E-state index < -0.39 is 0 Å². The van der Waals surface area contributed by atoms with Gasteiger partial charge in [0.2, 0.25) is 5.91 Å². The second kappa shape index (κ2) is 5.67. The van der Waals surface area contributed by atoms with Crippen LogP contribution in [0.2, 0.25) is 0 Å². The van der Waals surface area contributed by atoms with E-state index in [-0.39, 0.29) is 17.5 Å². The standard InChI is InChI=1S/C17H19N5O2/c1-21(9-11-2-3-12-6-7-18-14(12)8-11)16(23)13-4-5-15-19-20-17(24)22(15)10-13/h2-3,6-8,13,18H,4-5,9-10H2,1H3,(H,20,24)/t13-/m0/s1. The maximum absolute atomic E-state index is 12.7. The molecule has 0 spiro atoms. The number of nitrogens with zero attached hydrogens (tertiary/aromatic N) is 3. The van der Waals surface area contributed by atoms with Crippen LogP contribution in [0.3, 0.4) is 0 Å². The van der Waals surface area contributed by atoms with E-state index in [1.54, 1.807) is 9.47 Å². The smallest absolute Gasteiger partial charge is 0.343 e. The summed E-state index contributed by atoms with van der Waals surface area (Å²) < 4.78 is 1.57. The number of aryl methyl sites for hydroxylation is 1. The summed E-state index contributed by atoms with van der Waals surface area (Å²) >= 11 is 0. The van der Waals surface area contributed by atoms with Gasteiger partial charge in [0.1, 0.15) is 5.82 Å². The van der Waals surface area contributed by atoms with E-state index >= 15 is 0 Å². The Bertz CT molecular complexity index is 951. The van der Waals surface area contributed by atoms with Crippen molar-refractivity contribution in [2.24, 2.45) is 5.92 Å². The number of amides is 1. The molecule has 0 radical (unpaired) electrons. The zero-order chi connectivity index (χ0) is 16.7. The van der Waals surface area contributed by atoms with Gasteiger partial charge in [0.05, 0.1) is 5.92 Å². The van der Waals surface area contributed by atoms with Gasteiger partial charge in [-0.25, -0.2) is 9.89 Å². The fourth-order valence-corrected chi connectivity index (χ4v) is 3.40. The SMILES string of the molecule is CN(Cc1ccc2cc[nH]c2c1)C(=O)[C@H]1CCc2n[nH]c(=O)n2C1. The molecular weight excluding hydrogens is 306 g/mol. The van der Waals surface area contributed by atoms with Crippen LogP contribution in [0, 0.1) is 5.92 Å². The van der Waals surface area contributed by atoms with Gasteiger partial charge in [-0.3, -0.25) is 9.36 Å². The lowest BCUT2D eigenvalue weighted by Crippen LogP contribution is -2.39. The molecular formula is C17H19N5O2. The molecule has 0 fully saturated rings. The Morgan fingerprint density at radius 1 is 1.42 bits per heavy atom. The molecule has 1 amide bonds. The van der Waals surface area contributed by atoms with Crippen molar-refractivity contribution in [3.63, 3.8) is 0 Å². The molecule has 0 bridgehead atoms. The van der Waals surface area contributed by atoms with E-state index in [1.807, 2.05) is 25.4 Å². The molecule has 3 heterocycles. The maximum atomic E-state index is 12.7. The quantitative estimate of drug-likeness (QED) is 0.760. The molecule has 7 nitrogen and oxygen atoms in total. The van der Waals surface area contributed by atoms with Gasteiger partial charge in [-0.2, -0.15) is 5.10 Å². The van der Waals surface area contributed by atoms with Crippen molar-refractivity contribution in [1.29, 1.82) is 0 Å². The molecule has 0 saturated heterocycles. The summed E-state index contributed by atoms with van der Waals surface area (Å²) in [5.74, 6) is 0.635. The first kappa shape index (κ1) is 14.7. The number of fused-ring (bicyclic) bond motifs is 2. The molecule has 24 heavy (non-hydrogen) atoms. The second-order valence-electron chi connectivity index (χ2n) is 6.38. The van der Waals surface area contributed by atoms with Gasteiger partial charge in [-0.05, 0) is 29.5 Å². The summed E-state index contributed by atoms with van der Waals surface area (Å²) in [6.07, 6.45) is 3.28. The summed E-state index contributed by atoms with van der Waals surface area (Å²) in [5.41, 5.74) is 1.92. The molecule has 7 heteroatoms. The van der Waals surface area contributed by atoms with E-state index in [1.165, 1.54) is 0 Å². The zero-order valence-electron chi connectivity index (χ0n) is 13.5. The van der Waals surface area contributed by atoms with Gasteiger partial charge in [0.25, 0.3) is 0 Å². The molecule has 124 valence electrons. The van der Waals surface area contributed by atoms with Gasteiger partial charge in [0, 0.05) is 38.3 Å². The number of carbonyl (C=O) groups excluding carboxylic acids is 1. The lowest BCUT2D eigenvalue weighted by Gasteiger charge is -2.26. The Labute approximate surface area is 138 Å². The number of hydrogen-bond acceptors (Lipinski definition) is 3. The molecule has 1 atom stereocenters. The minimum Gasteiger partial charge on any atom is -0.361 e. The largest absolute Gasteiger partial charge is 0.361 e. The number of aromatic amines is 2. The lowest BCUT2D eigenvalue weighted by molar-refractivity contribution is -0.135. The number of benzene rings is 1. The van der Waals surface area contributed by atoms with Crippen molar-refractivity contribution in [2.75, 3.05) is 7.05 Å². The number of H-pyrrole nitrogens is 2. The number of hydrogen-bond donors (Lipinski definition) is 2.